The molecule has 0 unspecified atom stereocenters. The molecule has 2 aromatic heterocycles. The zero-order valence-electron chi connectivity index (χ0n) is 9.33. The summed E-state index contributed by atoms with van der Waals surface area (Å²) in [6.45, 7) is 0. The van der Waals surface area contributed by atoms with E-state index in [-0.39, 0.29) is 5.91 Å². The minimum Gasteiger partial charge on any atom is -0.306 e. The van der Waals surface area contributed by atoms with Crippen LogP contribution in [0.4, 0.5) is 5.82 Å². The van der Waals surface area contributed by atoms with Gasteiger partial charge in [0.25, 0.3) is 5.91 Å². The van der Waals surface area contributed by atoms with Crippen molar-refractivity contribution < 1.29 is 4.79 Å². The lowest BCUT2D eigenvalue weighted by Gasteiger charge is -2.05. The number of thiophene rings is 1. The summed E-state index contributed by atoms with van der Waals surface area (Å²) in [6.07, 6.45) is 1.45. The number of hydrogen-bond donors (Lipinski definition) is 1. The van der Waals surface area contributed by atoms with Gasteiger partial charge in [0.05, 0.1) is 11.1 Å². The van der Waals surface area contributed by atoms with E-state index in [1.54, 1.807) is 11.4 Å². The van der Waals surface area contributed by atoms with Gasteiger partial charge in [-0.1, -0.05) is 12.1 Å². The lowest BCUT2D eigenvalue weighted by molar-refractivity contribution is 0.102. The zero-order chi connectivity index (χ0) is 12.4. The maximum Gasteiger partial charge on any atom is 0.257 e. The zero-order valence-corrected chi connectivity index (χ0v) is 10.1. The number of hydrogen-bond acceptors (Lipinski definition) is 4. The lowest BCUT2D eigenvalue weighted by Crippen LogP contribution is -2.12. The first kappa shape index (κ1) is 10.9. The summed E-state index contributed by atoms with van der Waals surface area (Å²) >= 11 is 1.49. The first-order chi connectivity index (χ1) is 8.84. The number of anilines is 1. The summed E-state index contributed by atoms with van der Waals surface area (Å²) in [6, 6.07) is 9.35. The van der Waals surface area contributed by atoms with Crippen LogP contribution in [0.25, 0.3) is 10.9 Å². The van der Waals surface area contributed by atoms with Crippen molar-refractivity contribution in [3.63, 3.8) is 0 Å². The Labute approximate surface area is 107 Å². The molecule has 0 bridgehead atoms. The summed E-state index contributed by atoms with van der Waals surface area (Å²) < 4.78 is 0. The van der Waals surface area contributed by atoms with Crippen molar-refractivity contribution in [2.75, 3.05) is 5.32 Å². The quantitative estimate of drug-likeness (QED) is 0.766. The summed E-state index contributed by atoms with van der Waals surface area (Å²) in [5.74, 6) is 0.386. The Morgan fingerprint density at radius 3 is 2.89 bits per heavy atom. The first-order valence-corrected chi connectivity index (χ1v) is 6.32. The van der Waals surface area contributed by atoms with Crippen LogP contribution in [0, 0.1) is 0 Å². The Morgan fingerprint density at radius 1 is 1.17 bits per heavy atom. The molecule has 1 amide bonds. The number of para-hydroxylation sites is 1. The molecule has 18 heavy (non-hydrogen) atoms. The van der Waals surface area contributed by atoms with E-state index in [0.29, 0.717) is 11.4 Å². The smallest absolute Gasteiger partial charge is 0.257 e. The van der Waals surface area contributed by atoms with Gasteiger partial charge in [0, 0.05) is 10.8 Å². The molecule has 3 rings (SSSR count). The molecule has 0 saturated carbocycles. The molecule has 0 saturated heterocycles. The molecule has 88 valence electrons. The van der Waals surface area contributed by atoms with E-state index in [2.05, 4.69) is 15.3 Å². The van der Waals surface area contributed by atoms with Gasteiger partial charge in [-0.2, -0.15) is 11.3 Å². The lowest BCUT2D eigenvalue weighted by atomic mass is 10.2. The van der Waals surface area contributed by atoms with Crippen LogP contribution in [0.1, 0.15) is 10.4 Å². The highest BCUT2D eigenvalue weighted by atomic mass is 32.1. The third-order valence-electron chi connectivity index (χ3n) is 2.56. The number of carbonyl (C=O) groups is 1. The van der Waals surface area contributed by atoms with Gasteiger partial charge < -0.3 is 5.32 Å². The van der Waals surface area contributed by atoms with Crippen LogP contribution >= 0.6 is 11.3 Å². The summed E-state index contributed by atoms with van der Waals surface area (Å²) in [7, 11) is 0. The van der Waals surface area contributed by atoms with Crippen molar-refractivity contribution in [1.29, 1.82) is 0 Å². The molecule has 4 nitrogen and oxygen atoms in total. The van der Waals surface area contributed by atoms with Gasteiger partial charge >= 0.3 is 0 Å². The van der Waals surface area contributed by atoms with Crippen LogP contribution in [-0.2, 0) is 0 Å². The Morgan fingerprint density at radius 2 is 2.06 bits per heavy atom. The van der Waals surface area contributed by atoms with Gasteiger partial charge in [0.1, 0.15) is 12.1 Å². The van der Waals surface area contributed by atoms with Gasteiger partial charge in [-0.15, -0.1) is 0 Å². The van der Waals surface area contributed by atoms with Crippen LogP contribution in [0.5, 0.6) is 0 Å². The minimum absolute atomic E-state index is 0.153. The van der Waals surface area contributed by atoms with Crippen LogP contribution in [0.3, 0.4) is 0 Å². The van der Waals surface area contributed by atoms with Crippen molar-refractivity contribution in [3.05, 3.63) is 53.0 Å². The van der Waals surface area contributed by atoms with Gasteiger partial charge in [-0.3, -0.25) is 4.79 Å². The summed E-state index contributed by atoms with van der Waals surface area (Å²) in [4.78, 5) is 20.2. The van der Waals surface area contributed by atoms with Crippen molar-refractivity contribution in [1.82, 2.24) is 9.97 Å². The number of nitrogens with one attached hydrogen (secondary N) is 1. The third-order valence-corrected chi connectivity index (χ3v) is 3.24. The van der Waals surface area contributed by atoms with E-state index in [9.17, 15) is 4.79 Å². The molecule has 0 aliphatic rings. The first-order valence-electron chi connectivity index (χ1n) is 5.38. The second-order valence-corrected chi connectivity index (χ2v) is 4.49. The van der Waals surface area contributed by atoms with Crippen LogP contribution in [-0.4, -0.2) is 15.9 Å². The van der Waals surface area contributed by atoms with Gasteiger partial charge in [0.2, 0.25) is 0 Å². The van der Waals surface area contributed by atoms with Crippen molar-refractivity contribution >= 4 is 34.0 Å². The fraction of sp³-hybridized carbons (Fsp3) is 0. The number of benzene rings is 1. The predicted octanol–water partition coefficient (Wildman–Crippen LogP) is 2.94. The van der Waals surface area contributed by atoms with Gasteiger partial charge in [-0.25, -0.2) is 9.97 Å². The van der Waals surface area contributed by atoms with Crippen molar-refractivity contribution in [2.24, 2.45) is 0 Å². The van der Waals surface area contributed by atoms with Gasteiger partial charge in [0.15, 0.2) is 0 Å². The molecule has 0 aliphatic heterocycles. The molecule has 0 fully saturated rings. The molecule has 5 heteroatoms. The Kier molecular flexibility index (Phi) is 2.74. The standard InChI is InChI=1S/C13H9N3OS/c17-13(9-5-6-18-7-9)16-12-10-3-1-2-4-11(10)14-8-15-12/h1-8H,(H,14,15,16,17). The maximum atomic E-state index is 12.0. The van der Waals surface area contributed by atoms with E-state index in [1.165, 1.54) is 17.7 Å². The molecule has 3 aromatic rings. The largest absolute Gasteiger partial charge is 0.306 e. The van der Waals surface area contributed by atoms with Crippen LogP contribution in [0.15, 0.2) is 47.4 Å². The van der Waals surface area contributed by atoms with E-state index >= 15 is 0 Å². The average molecular weight is 255 g/mol. The van der Waals surface area contributed by atoms with Crippen molar-refractivity contribution in [3.8, 4) is 0 Å². The second-order valence-electron chi connectivity index (χ2n) is 3.71. The Bertz CT molecular complexity index is 689. The van der Waals surface area contributed by atoms with Crippen molar-refractivity contribution in [2.45, 2.75) is 0 Å². The number of aromatic nitrogens is 2. The molecule has 0 aliphatic carbocycles. The minimum atomic E-state index is -0.153. The van der Waals surface area contributed by atoms with E-state index in [1.807, 2.05) is 29.6 Å². The number of carbonyl (C=O) groups excluding carboxylic acids is 1. The summed E-state index contributed by atoms with van der Waals surface area (Å²) in [5.41, 5.74) is 1.45. The van der Waals surface area contributed by atoms with Crippen LogP contribution in [0.2, 0.25) is 0 Å². The highest BCUT2D eigenvalue weighted by Crippen LogP contribution is 2.19. The molecule has 1 aromatic carbocycles. The molecule has 0 radical (unpaired) electrons. The number of fused-ring (bicyclic) bond motifs is 1. The molecule has 1 N–H and O–H groups in total. The summed E-state index contributed by atoms with van der Waals surface area (Å²) in [5, 5.41) is 7.31. The SMILES string of the molecule is O=C(Nc1ncnc2ccccc12)c1ccsc1. The molecule has 0 spiro atoms. The fourth-order valence-electron chi connectivity index (χ4n) is 1.68. The monoisotopic (exact) mass is 255 g/mol. The Balaban J connectivity index is 1.98. The average Bonchev–Trinajstić information content (AvgIpc) is 2.93. The number of amides is 1. The number of rotatable bonds is 2. The van der Waals surface area contributed by atoms with E-state index in [4.69, 9.17) is 0 Å². The Hall–Kier alpha value is -2.27. The molecular formula is C13H9N3OS. The van der Waals surface area contributed by atoms with Crippen LogP contribution < -0.4 is 5.32 Å². The van der Waals surface area contributed by atoms with E-state index in [0.717, 1.165) is 10.9 Å². The highest BCUT2D eigenvalue weighted by molar-refractivity contribution is 7.08. The molecule has 2 heterocycles. The third kappa shape index (κ3) is 1.96. The van der Waals surface area contributed by atoms with Gasteiger partial charge in [-0.05, 0) is 23.6 Å². The number of nitrogens with zero attached hydrogens (tertiary/aromatic N) is 2. The predicted molar refractivity (Wildman–Crippen MR) is 71.8 cm³/mol. The fourth-order valence-corrected chi connectivity index (χ4v) is 2.31. The van der Waals surface area contributed by atoms with E-state index < -0.39 is 0 Å². The highest BCUT2D eigenvalue weighted by Gasteiger charge is 2.09. The maximum absolute atomic E-state index is 12.0. The normalized spacial score (nSPS) is 10.4. The molecular weight excluding hydrogens is 246 g/mol. The topological polar surface area (TPSA) is 54.9 Å². The second kappa shape index (κ2) is 4.54. The molecule has 0 atom stereocenters.